The highest BCUT2D eigenvalue weighted by Gasteiger charge is 2.13. The first kappa shape index (κ1) is 15.7. The third-order valence-electron chi connectivity index (χ3n) is 3.59. The predicted octanol–water partition coefficient (Wildman–Crippen LogP) is 2.80. The molecule has 0 aliphatic carbocycles. The average molecular weight is 303 g/mol. The van der Waals surface area contributed by atoms with Gasteiger partial charge in [-0.25, -0.2) is 0 Å². The van der Waals surface area contributed by atoms with Crippen LogP contribution in [0.5, 0.6) is 0 Å². The molecule has 2 heterocycles. The van der Waals surface area contributed by atoms with Gasteiger partial charge in [0.05, 0.1) is 17.0 Å². The number of nitrogens with zero attached hydrogens (tertiary/aromatic N) is 2. The fourth-order valence-corrected chi connectivity index (χ4v) is 2.54. The standard InChI is InChI=1S/C16H21N3OS/c1-11(19(3)4)9-17-16(20)14-5-6-15(18-12(14)2)13-7-8-21-10-13/h5-8,10-11H,9H2,1-4H3,(H,17,20)/t11-/m0/s1. The summed E-state index contributed by atoms with van der Waals surface area (Å²) in [4.78, 5) is 18.8. The lowest BCUT2D eigenvalue weighted by Crippen LogP contribution is -2.38. The van der Waals surface area contributed by atoms with Crippen LogP contribution in [0.2, 0.25) is 0 Å². The van der Waals surface area contributed by atoms with E-state index in [2.05, 4.69) is 27.5 Å². The van der Waals surface area contributed by atoms with Crippen molar-refractivity contribution in [3.05, 3.63) is 40.2 Å². The van der Waals surface area contributed by atoms with Crippen molar-refractivity contribution < 1.29 is 4.79 Å². The van der Waals surface area contributed by atoms with E-state index in [9.17, 15) is 4.79 Å². The second-order valence-electron chi connectivity index (χ2n) is 5.36. The van der Waals surface area contributed by atoms with E-state index in [0.717, 1.165) is 17.0 Å². The fraction of sp³-hybridized carbons (Fsp3) is 0.375. The topological polar surface area (TPSA) is 45.2 Å². The molecule has 1 amide bonds. The van der Waals surface area contributed by atoms with Crippen molar-refractivity contribution in [2.45, 2.75) is 19.9 Å². The van der Waals surface area contributed by atoms with E-state index >= 15 is 0 Å². The van der Waals surface area contributed by atoms with Crippen molar-refractivity contribution in [2.75, 3.05) is 20.6 Å². The summed E-state index contributed by atoms with van der Waals surface area (Å²) in [7, 11) is 4.00. The molecule has 2 aromatic heterocycles. The number of hydrogen-bond donors (Lipinski definition) is 1. The van der Waals surface area contributed by atoms with Gasteiger partial charge in [-0.3, -0.25) is 9.78 Å². The number of amides is 1. The lowest BCUT2D eigenvalue weighted by Gasteiger charge is -2.20. The van der Waals surface area contributed by atoms with Crippen molar-refractivity contribution in [2.24, 2.45) is 0 Å². The molecule has 5 heteroatoms. The molecule has 1 atom stereocenters. The van der Waals surface area contributed by atoms with Crippen LogP contribution >= 0.6 is 11.3 Å². The van der Waals surface area contributed by atoms with Gasteiger partial charge in [-0.05, 0) is 51.5 Å². The second-order valence-corrected chi connectivity index (χ2v) is 6.14. The Labute approximate surface area is 129 Å². The molecule has 0 aromatic carbocycles. The predicted molar refractivity (Wildman–Crippen MR) is 87.8 cm³/mol. The van der Waals surface area contributed by atoms with E-state index in [1.165, 1.54) is 0 Å². The zero-order valence-corrected chi connectivity index (χ0v) is 13.7. The highest BCUT2D eigenvalue weighted by molar-refractivity contribution is 7.08. The molecular weight excluding hydrogens is 282 g/mol. The number of nitrogens with one attached hydrogen (secondary N) is 1. The summed E-state index contributed by atoms with van der Waals surface area (Å²) < 4.78 is 0. The number of carbonyl (C=O) groups excluding carboxylic acids is 1. The van der Waals surface area contributed by atoms with E-state index in [1.54, 1.807) is 11.3 Å². The maximum atomic E-state index is 12.2. The summed E-state index contributed by atoms with van der Waals surface area (Å²) >= 11 is 1.64. The Kier molecular flexibility index (Phi) is 5.09. The normalized spacial score (nSPS) is 12.4. The van der Waals surface area contributed by atoms with Gasteiger partial charge in [0.1, 0.15) is 0 Å². The molecule has 0 spiro atoms. The molecule has 0 aliphatic heterocycles. The molecule has 0 fully saturated rings. The van der Waals surface area contributed by atoms with Crippen LogP contribution < -0.4 is 5.32 Å². The molecule has 0 aliphatic rings. The summed E-state index contributed by atoms with van der Waals surface area (Å²) in [5, 5.41) is 7.04. The maximum absolute atomic E-state index is 12.2. The Morgan fingerprint density at radius 2 is 2.14 bits per heavy atom. The van der Waals surface area contributed by atoms with E-state index in [0.29, 0.717) is 18.2 Å². The molecule has 21 heavy (non-hydrogen) atoms. The van der Waals surface area contributed by atoms with Crippen LogP contribution in [0.4, 0.5) is 0 Å². The van der Waals surface area contributed by atoms with Gasteiger partial charge < -0.3 is 10.2 Å². The van der Waals surface area contributed by atoms with E-state index in [4.69, 9.17) is 0 Å². The molecular formula is C16H21N3OS. The van der Waals surface area contributed by atoms with Crippen LogP contribution in [0.1, 0.15) is 23.0 Å². The second kappa shape index (κ2) is 6.83. The van der Waals surface area contributed by atoms with Gasteiger partial charge in [0.25, 0.3) is 5.91 Å². The van der Waals surface area contributed by atoms with E-state index in [1.807, 2.05) is 44.6 Å². The van der Waals surface area contributed by atoms with Crippen molar-refractivity contribution in [1.29, 1.82) is 0 Å². The highest BCUT2D eigenvalue weighted by atomic mass is 32.1. The van der Waals surface area contributed by atoms with Crippen LogP contribution in [0, 0.1) is 6.92 Å². The van der Waals surface area contributed by atoms with Crippen molar-refractivity contribution >= 4 is 17.2 Å². The molecule has 4 nitrogen and oxygen atoms in total. The largest absolute Gasteiger partial charge is 0.350 e. The quantitative estimate of drug-likeness (QED) is 0.924. The van der Waals surface area contributed by atoms with Crippen molar-refractivity contribution in [1.82, 2.24) is 15.2 Å². The zero-order valence-electron chi connectivity index (χ0n) is 12.9. The average Bonchev–Trinajstić information content (AvgIpc) is 2.98. The number of likely N-dealkylation sites (N-methyl/N-ethyl adjacent to an activating group) is 1. The molecule has 2 aromatic rings. The number of pyridine rings is 1. The highest BCUT2D eigenvalue weighted by Crippen LogP contribution is 2.21. The number of thiophene rings is 1. The Hall–Kier alpha value is -1.72. The molecule has 0 saturated heterocycles. The Morgan fingerprint density at radius 3 is 2.71 bits per heavy atom. The van der Waals surface area contributed by atoms with E-state index in [-0.39, 0.29) is 5.91 Å². The van der Waals surface area contributed by atoms with Gasteiger partial charge in [-0.2, -0.15) is 11.3 Å². The number of carbonyl (C=O) groups is 1. The summed E-state index contributed by atoms with van der Waals surface area (Å²) in [6.45, 7) is 4.57. The zero-order chi connectivity index (χ0) is 15.4. The van der Waals surface area contributed by atoms with Crippen LogP contribution in [0.25, 0.3) is 11.3 Å². The fourth-order valence-electron chi connectivity index (χ4n) is 1.89. The van der Waals surface area contributed by atoms with Crippen LogP contribution in [-0.2, 0) is 0 Å². The molecule has 112 valence electrons. The van der Waals surface area contributed by atoms with Gasteiger partial charge in [0, 0.05) is 23.5 Å². The lowest BCUT2D eigenvalue weighted by molar-refractivity contribution is 0.0942. The summed E-state index contributed by atoms with van der Waals surface area (Å²) in [5.41, 5.74) is 3.40. The van der Waals surface area contributed by atoms with Crippen molar-refractivity contribution in [3.8, 4) is 11.3 Å². The van der Waals surface area contributed by atoms with Gasteiger partial charge >= 0.3 is 0 Å². The SMILES string of the molecule is Cc1nc(-c2ccsc2)ccc1C(=O)NC[C@H](C)N(C)C. The molecule has 1 N–H and O–H groups in total. The first-order valence-corrected chi connectivity index (χ1v) is 7.88. The molecule has 0 bridgehead atoms. The van der Waals surface area contributed by atoms with Gasteiger partial charge in [-0.1, -0.05) is 0 Å². The van der Waals surface area contributed by atoms with Crippen molar-refractivity contribution in [3.63, 3.8) is 0 Å². The Bertz CT molecular complexity index is 608. The smallest absolute Gasteiger partial charge is 0.253 e. The number of rotatable bonds is 5. The van der Waals surface area contributed by atoms with Crippen LogP contribution in [0.15, 0.2) is 29.0 Å². The monoisotopic (exact) mass is 303 g/mol. The van der Waals surface area contributed by atoms with Gasteiger partial charge in [-0.15, -0.1) is 0 Å². The first-order valence-electron chi connectivity index (χ1n) is 6.94. The van der Waals surface area contributed by atoms with Gasteiger partial charge in [0.15, 0.2) is 0 Å². The van der Waals surface area contributed by atoms with E-state index < -0.39 is 0 Å². The third-order valence-corrected chi connectivity index (χ3v) is 4.27. The van der Waals surface area contributed by atoms with Crippen LogP contribution in [-0.4, -0.2) is 42.5 Å². The van der Waals surface area contributed by atoms with Crippen LogP contribution in [0.3, 0.4) is 0 Å². The number of aryl methyl sites for hydroxylation is 1. The Balaban J connectivity index is 2.08. The maximum Gasteiger partial charge on any atom is 0.253 e. The molecule has 0 saturated carbocycles. The minimum Gasteiger partial charge on any atom is -0.350 e. The minimum absolute atomic E-state index is 0.0643. The molecule has 2 rings (SSSR count). The molecule has 0 radical (unpaired) electrons. The lowest BCUT2D eigenvalue weighted by atomic mass is 10.1. The minimum atomic E-state index is -0.0643. The number of hydrogen-bond acceptors (Lipinski definition) is 4. The molecule has 0 unspecified atom stereocenters. The van der Waals surface area contributed by atoms with Gasteiger partial charge in [0.2, 0.25) is 0 Å². The summed E-state index contributed by atoms with van der Waals surface area (Å²) in [6, 6.07) is 6.09. The first-order chi connectivity index (χ1) is 9.99. The Morgan fingerprint density at radius 1 is 1.38 bits per heavy atom. The summed E-state index contributed by atoms with van der Waals surface area (Å²) in [6.07, 6.45) is 0. The summed E-state index contributed by atoms with van der Waals surface area (Å²) in [5.74, 6) is -0.0643. The number of aromatic nitrogens is 1. The third kappa shape index (κ3) is 3.89.